The van der Waals surface area contributed by atoms with Gasteiger partial charge in [0.15, 0.2) is 0 Å². The maximum atomic E-state index is 11.6. The lowest BCUT2D eigenvalue weighted by Gasteiger charge is -2.37. The molecule has 0 spiro atoms. The van der Waals surface area contributed by atoms with Crippen molar-refractivity contribution in [3.8, 4) is 0 Å². The quantitative estimate of drug-likeness (QED) is 0.664. The third kappa shape index (κ3) is 2.33. The Morgan fingerprint density at radius 1 is 1.13 bits per heavy atom. The Balaban J connectivity index is 1.68. The van der Waals surface area contributed by atoms with Crippen LogP contribution >= 0.6 is 0 Å². The fourth-order valence-electron chi connectivity index (χ4n) is 3.82. The van der Waals surface area contributed by atoms with Gasteiger partial charge in [-0.1, -0.05) is 42.5 Å². The highest BCUT2D eigenvalue weighted by Crippen LogP contribution is 2.49. The summed E-state index contributed by atoms with van der Waals surface area (Å²) in [4.78, 5) is 11.6. The summed E-state index contributed by atoms with van der Waals surface area (Å²) in [5, 5.41) is 3.69. The molecule has 3 heteroatoms. The third-order valence-corrected chi connectivity index (χ3v) is 4.96. The Morgan fingerprint density at radius 2 is 1.91 bits per heavy atom. The van der Waals surface area contributed by atoms with Crippen molar-refractivity contribution in [1.82, 2.24) is 0 Å². The van der Waals surface area contributed by atoms with Gasteiger partial charge in [0.05, 0.1) is 18.7 Å². The molecule has 3 nitrogen and oxygen atoms in total. The summed E-state index contributed by atoms with van der Waals surface area (Å²) in [6.07, 6.45) is 5.70. The number of anilines is 1. The fraction of sp³-hybridized carbons (Fsp3) is 0.250. The zero-order valence-electron chi connectivity index (χ0n) is 13.0. The fourth-order valence-corrected chi connectivity index (χ4v) is 3.82. The Bertz CT molecular complexity index is 763. The highest BCUT2D eigenvalue weighted by molar-refractivity contribution is 5.89. The number of rotatable bonds is 2. The van der Waals surface area contributed by atoms with E-state index in [1.165, 1.54) is 23.9 Å². The van der Waals surface area contributed by atoms with Gasteiger partial charge >= 0.3 is 5.97 Å². The van der Waals surface area contributed by atoms with Gasteiger partial charge in [-0.25, -0.2) is 4.79 Å². The number of hydrogen-bond donors (Lipinski definition) is 1. The minimum Gasteiger partial charge on any atom is -0.465 e. The van der Waals surface area contributed by atoms with E-state index in [0.717, 1.165) is 6.42 Å². The first-order valence-corrected chi connectivity index (χ1v) is 7.98. The lowest BCUT2D eigenvalue weighted by molar-refractivity contribution is 0.0600. The van der Waals surface area contributed by atoms with Crippen LogP contribution in [0.4, 0.5) is 5.69 Å². The van der Waals surface area contributed by atoms with Gasteiger partial charge in [-0.05, 0) is 41.7 Å². The summed E-state index contributed by atoms with van der Waals surface area (Å²) in [5.74, 6) is 0.700. The van der Waals surface area contributed by atoms with Gasteiger partial charge in [-0.3, -0.25) is 0 Å². The molecule has 1 aliphatic heterocycles. The van der Waals surface area contributed by atoms with Crippen molar-refractivity contribution in [3.63, 3.8) is 0 Å². The summed E-state index contributed by atoms with van der Waals surface area (Å²) >= 11 is 0. The molecule has 0 fully saturated rings. The number of carbonyl (C=O) groups excluding carboxylic acids is 1. The smallest absolute Gasteiger partial charge is 0.337 e. The molecule has 0 radical (unpaired) electrons. The highest BCUT2D eigenvalue weighted by Gasteiger charge is 2.37. The standard InChI is InChI=1S/C20H19NO2/c1-23-20(22)14-11-9-13(10-12-14)19-17-7-4-6-15(17)16-5-2-3-8-18(16)21-19/h2-6,8-12,15,17,19,21H,7H2,1H3/t15-,17+,19+/m1/s1. The number of nitrogens with one attached hydrogen (secondary N) is 1. The number of benzene rings is 2. The first-order chi connectivity index (χ1) is 11.3. The third-order valence-electron chi connectivity index (χ3n) is 4.96. The van der Waals surface area contributed by atoms with E-state index < -0.39 is 0 Å². The van der Waals surface area contributed by atoms with Crippen molar-refractivity contribution in [3.05, 3.63) is 77.4 Å². The number of esters is 1. The molecule has 0 saturated heterocycles. The molecule has 0 aromatic heterocycles. The minimum absolute atomic E-state index is 0.261. The van der Waals surface area contributed by atoms with Gasteiger partial charge in [-0.15, -0.1) is 0 Å². The van der Waals surface area contributed by atoms with Crippen molar-refractivity contribution in [2.75, 3.05) is 12.4 Å². The summed E-state index contributed by atoms with van der Waals surface area (Å²) in [6, 6.07) is 16.6. The van der Waals surface area contributed by atoms with Gasteiger partial charge in [0.1, 0.15) is 0 Å². The Kier molecular flexibility index (Phi) is 3.41. The van der Waals surface area contributed by atoms with Crippen molar-refractivity contribution in [2.45, 2.75) is 18.4 Å². The van der Waals surface area contributed by atoms with Crippen LogP contribution in [0.15, 0.2) is 60.7 Å². The lowest BCUT2D eigenvalue weighted by atomic mass is 9.77. The van der Waals surface area contributed by atoms with Crippen LogP contribution in [-0.2, 0) is 4.74 Å². The number of para-hydroxylation sites is 1. The van der Waals surface area contributed by atoms with Crippen LogP contribution in [0.5, 0.6) is 0 Å². The van der Waals surface area contributed by atoms with E-state index in [1.807, 2.05) is 24.3 Å². The average Bonchev–Trinajstić information content (AvgIpc) is 3.10. The lowest BCUT2D eigenvalue weighted by Crippen LogP contribution is -2.29. The molecule has 3 atom stereocenters. The average molecular weight is 305 g/mol. The van der Waals surface area contributed by atoms with Crippen LogP contribution in [0.2, 0.25) is 0 Å². The number of fused-ring (bicyclic) bond motifs is 3. The first-order valence-electron chi connectivity index (χ1n) is 7.98. The van der Waals surface area contributed by atoms with Crippen molar-refractivity contribution >= 4 is 11.7 Å². The van der Waals surface area contributed by atoms with Crippen molar-refractivity contribution in [1.29, 1.82) is 0 Å². The second kappa shape index (κ2) is 5.58. The second-order valence-electron chi connectivity index (χ2n) is 6.18. The number of methoxy groups -OCH3 is 1. The molecule has 1 aliphatic carbocycles. The molecule has 0 bridgehead atoms. The predicted molar refractivity (Wildman–Crippen MR) is 90.6 cm³/mol. The van der Waals surface area contributed by atoms with E-state index in [-0.39, 0.29) is 12.0 Å². The summed E-state index contributed by atoms with van der Waals surface area (Å²) < 4.78 is 4.77. The second-order valence-corrected chi connectivity index (χ2v) is 6.18. The summed E-state index contributed by atoms with van der Waals surface area (Å²) in [5.41, 5.74) is 4.40. The molecule has 23 heavy (non-hydrogen) atoms. The van der Waals surface area contributed by atoms with E-state index in [2.05, 4.69) is 41.7 Å². The van der Waals surface area contributed by atoms with Gasteiger partial charge < -0.3 is 10.1 Å². The van der Waals surface area contributed by atoms with Gasteiger partial charge in [0.2, 0.25) is 0 Å². The van der Waals surface area contributed by atoms with Crippen LogP contribution in [0, 0.1) is 5.92 Å². The topological polar surface area (TPSA) is 38.3 Å². The molecule has 0 amide bonds. The first kappa shape index (κ1) is 14.1. The molecule has 4 rings (SSSR count). The van der Waals surface area contributed by atoms with Crippen LogP contribution in [0.25, 0.3) is 0 Å². The summed E-state index contributed by atoms with van der Waals surface area (Å²) in [6.45, 7) is 0. The van der Waals surface area contributed by atoms with Crippen LogP contribution in [-0.4, -0.2) is 13.1 Å². The van der Waals surface area contributed by atoms with E-state index in [0.29, 0.717) is 17.4 Å². The van der Waals surface area contributed by atoms with Crippen molar-refractivity contribution in [2.24, 2.45) is 5.92 Å². The largest absolute Gasteiger partial charge is 0.465 e. The maximum absolute atomic E-state index is 11.6. The molecule has 2 aliphatic rings. The molecule has 116 valence electrons. The monoisotopic (exact) mass is 305 g/mol. The van der Waals surface area contributed by atoms with E-state index in [4.69, 9.17) is 4.74 Å². The normalized spacial score (nSPS) is 24.5. The van der Waals surface area contributed by atoms with Crippen LogP contribution < -0.4 is 5.32 Å². The van der Waals surface area contributed by atoms with E-state index >= 15 is 0 Å². The number of ether oxygens (including phenoxy) is 1. The SMILES string of the molecule is COC(=O)c1ccc([C@@H]2Nc3ccccc3[C@H]3C=CC[C@@H]32)cc1. The van der Waals surface area contributed by atoms with Gasteiger partial charge in [-0.2, -0.15) is 0 Å². The zero-order valence-corrected chi connectivity index (χ0v) is 13.0. The van der Waals surface area contributed by atoms with Gasteiger partial charge in [0, 0.05) is 11.6 Å². The van der Waals surface area contributed by atoms with Crippen molar-refractivity contribution < 1.29 is 9.53 Å². The molecule has 1 N–H and O–H groups in total. The maximum Gasteiger partial charge on any atom is 0.337 e. The number of carbonyl (C=O) groups is 1. The molecule has 0 unspecified atom stereocenters. The van der Waals surface area contributed by atoms with E-state index in [1.54, 1.807) is 0 Å². The molecule has 0 saturated carbocycles. The number of hydrogen-bond acceptors (Lipinski definition) is 3. The predicted octanol–water partition coefficient (Wildman–Crippen LogP) is 4.30. The number of allylic oxidation sites excluding steroid dienone is 2. The Hall–Kier alpha value is -2.55. The molecular weight excluding hydrogens is 286 g/mol. The zero-order chi connectivity index (χ0) is 15.8. The summed E-state index contributed by atoms with van der Waals surface area (Å²) in [7, 11) is 1.41. The van der Waals surface area contributed by atoms with E-state index in [9.17, 15) is 4.79 Å². The Morgan fingerprint density at radius 3 is 2.70 bits per heavy atom. The molecular formula is C20H19NO2. The molecule has 2 aromatic rings. The minimum atomic E-state index is -0.293. The van der Waals surface area contributed by atoms with Crippen LogP contribution in [0.1, 0.15) is 39.9 Å². The molecule has 2 aromatic carbocycles. The highest BCUT2D eigenvalue weighted by atomic mass is 16.5. The molecule has 1 heterocycles. The van der Waals surface area contributed by atoms with Gasteiger partial charge in [0.25, 0.3) is 0 Å². The van der Waals surface area contributed by atoms with Crippen LogP contribution in [0.3, 0.4) is 0 Å². The Labute approximate surface area is 136 Å².